The van der Waals surface area contributed by atoms with Crippen molar-refractivity contribution < 1.29 is 0 Å². The number of hydrogen-bond donors (Lipinski definition) is 1. The molecule has 4 unspecified atom stereocenters. The molecular weight excluding hydrogens is 230 g/mol. The van der Waals surface area contributed by atoms with E-state index in [-0.39, 0.29) is 0 Å². The van der Waals surface area contributed by atoms with Gasteiger partial charge in [0.1, 0.15) is 0 Å². The van der Waals surface area contributed by atoms with Crippen molar-refractivity contribution in [1.29, 1.82) is 0 Å². The van der Waals surface area contributed by atoms with Gasteiger partial charge in [-0.1, -0.05) is 45.9 Å². The molecule has 1 aliphatic carbocycles. The second-order valence-electron chi connectivity index (χ2n) is 6.87. The Labute approximate surface area is 117 Å². The highest BCUT2D eigenvalue weighted by atomic mass is 14.9. The molecule has 1 aliphatic heterocycles. The Morgan fingerprint density at radius 2 is 1.63 bits per heavy atom. The third kappa shape index (κ3) is 1.98. The summed E-state index contributed by atoms with van der Waals surface area (Å²) in [7, 11) is 0. The zero-order chi connectivity index (χ0) is 13.6. The van der Waals surface area contributed by atoms with Crippen molar-refractivity contribution in [3.63, 3.8) is 0 Å². The minimum Gasteiger partial charge on any atom is -0.385 e. The van der Waals surface area contributed by atoms with Crippen molar-refractivity contribution in [2.75, 3.05) is 11.9 Å². The van der Waals surface area contributed by atoms with Gasteiger partial charge >= 0.3 is 0 Å². The van der Waals surface area contributed by atoms with Crippen LogP contribution in [0.15, 0.2) is 18.2 Å². The van der Waals surface area contributed by atoms with Gasteiger partial charge in [-0.3, -0.25) is 0 Å². The van der Waals surface area contributed by atoms with E-state index in [0.717, 1.165) is 36.1 Å². The van der Waals surface area contributed by atoms with Crippen LogP contribution in [0.3, 0.4) is 0 Å². The van der Waals surface area contributed by atoms with Gasteiger partial charge in [-0.25, -0.2) is 0 Å². The molecule has 0 amide bonds. The monoisotopic (exact) mass is 257 g/mol. The molecule has 1 heteroatoms. The van der Waals surface area contributed by atoms with Crippen LogP contribution in [0.2, 0.25) is 0 Å². The lowest BCUT2D eigenvalue weighted by atomic mass is 9.80. The number of hydrogen-bond acceptors (Lipinski definition) is 1. The minimum atomic E-state index is 0.727. The SMILES string of the molecule is CC1C(C)C(C)C(c2cccc3c2NCCC3)C1C. The summed E-state index contributed by atoms with van der Waals surface area (Å²) >= 11 is 0. The van der Waals surface area contributed by atoms with Crippen LogP contribution in [0.5, 0.6) is 0 Å². The predicted molar refractivity (Wildman–Crippen MR) is 82.6 cm³/mol. The molecule has 0 aromatic heterocycles. The molecule has 0 bridgehead atoms. The molecule has 0 spiro atoms. The van der Waals surface area contributed by atoms with Crippen LogP contribution in [0.4, 0.5) is 5.69 Å². The highest BCUT2D eigenvalue weighted by molar-refractivity contribution is 5.61. The number of rotatable bonds is 1. The fourth-order valence-corrected chi connectivity index (χ4v) is 4.47. The maximum Gasteiger partial charge on any atom is 0.0408 e. The molecule has 19 heavy (non-hydrogen) atoms. The number of benzene rings is 1. The van der Waals surface area contributed by atoms with E-state index in [9.17, 15) is 0 Å². The zero-order valence-corrected chi connectivity index (χ0v) is 12.7. The van der Waals surface area contributed by atoms with E-state index < -0.39 is 0 Å². The molecule has 1 N–H and O–H groups in total. The van der Waals surface area contributed by atoms with Gasteiger partial charge in [0.25, 0.3) is 0 Å². The first-order valence-electron chi connectivity index (χ1n) is 7.97. The molecular formula is C18H27N. The molecule has 2 aliphatic rings. The van der Waals surface area contributed by atoms with E-state index in [4.69, 9.17) is 0 Å². The zero-order valence-electron chi connectivity index (χ0n) is 12.7. The summed E-state index contributed by atoms with van der Waals surface area (Å²) in [4.78, 5) is 0. The molecule has 1 heterocycles. The topological polar surface area (TPSA) is 12.0 Å². The van der Waals surface area contributed by atoms with Crippen LogP contribution in [0.1, 0.15) is 51.2 Å². The van der Waals surface area contributed by atoms with E-state index in [0.29, 0.717) is 0 Å². The fourth-order valence-electron chi connectivity index (χ4n) is 4.47. The van der Waals surface area contributed by atoms with Gasteiger partial charge in [-0.15, -0.1) is 0 Å². The van der Waals surface area contributed by atoms with Crippen molar-refractivity contribution in [2.45, 2.75) is 46.5 Å². The third-order valence-electron chi connectivity index (χ3n) is 6.09. The second-order valence-corrected chi connectivity index (χ2v) is 6.87. The van der Waals surface area contributed by atoms with Crippen LogP contribution in [-0.2, 0) is 6.42 Å². The van der Waals surface area contributed by atoms with Crippen molar-refractivity contribution in [2.24, 2.45) is 23.7 Å². The highest BCUT2D eigenvalue weighted by Gasteiger charge is 2.43. The van der Waals surface area contributed by atoms with Crippen molar-refractivity contribution in [3.8, 4) is 0 Å². The molecule has 0 radical (unpaired) electrons. The Morgan fingerprint density at radius 1 is 0.947 bits per heavy atom. The molecule has 1 aromatic rings. The summed E-state index contributed by atoms with van der Waals surface area (Å²) < 4.78 is 0. The van der Waals surface area contributed by atoms with Crippen LogP contribution >= 0.6 is 0 Å². The fraction of sp³-hybridized carbons (Fsp3) is 0.667. The first-order chi connectivity index (χ1) is 9.11. The number of para-hydroxylation sites is 1. The Hall–Kier alpha value is -0.980. The smallest absolute Gasteiger partial charge is 0.0408 e. The van der Waals surface area contributed by atoms with Crippen LogP contribution < -0.4 is 5.32 Å². The van der Waals surface area contributed by atoms with Gasteiger partial charge in [-0.05, 0) is 53.6 Å². The Bertz CT molecular complexity index is 451. The number of anilines is 1. The average Bonchev–Trinajstić information content (AvgIpc) is 2.63. The van der Waals surface area contributed by atoms with Gasteiger partial charge in [0, 0.05) is 12.2 Å². The summed E-state index contributed by atoms with van der Waals surface area (Å²) in [6, 6.07) is 6.95. The van der Waals surface area contributed by atoms with Crippen LogP contribution in [0, 0.1) is 23.7 Å². The molecule has 1 nitrogen and oxygen atoms in total. The Kier molecular flexibility index (Phi) is 3.32. The second kappa shape index (κ2) is 4.85. The summed E-state index contributed by atoms with van der Waals surface area (Å²) in [5.41, 5.74) is 4.60. The third-order valence-corrected chi connectivity index (χ3v) is 6.09. The van der Waals surface area contributed by atoms with E-state index in [1.165, 1.54) is 24.1 Å². The summed E-state index contributed by atoms with van der Waals surface area (Å²) in [6.45, 7) is 10.9. The van der Waals surface area contributed by atoms with E-state index in [1.807, 2.05) is 0 Å². The van der Waals surface area contributed by atoms with E-state index in [2.05, 4.69) is 51.2 Å². The lowest BCUT2D eigenvalue weighted by Crippen LogP contribution is -2.18. The predicted octanol–water partition coefficient (Wildman–Crippen LogP) is 4.69. The molecule has 4 atom stereocenters. The lowest BCUT2D eigenvalue weighted by Gasteiger charge is -2.28. The summed E-state index contributed by atoms with van der Waals surface area (Å²) in [6.07, 6.45) is 2.52. The minimum absolute atomic E-state index is 0.727. The molecule has 3 rings (SSSR count). The largest absolute Gasteiger partial charge is 0.385 e. The van der Waals surface area contributed by atoms with Crippen LogP contribution in [-0.4, -0.2) is 6.54 Å². The first-order valence-corrected chi connectivity index (χ1v) is 7.97. The Balaban J connectivity index is 2.03. The summed E-state index contributed by atoms with van der Waals surface area (Å²) in [5, 5.41) is 3.68. The number of nitrogens with one attached hydrogen (secondary N) is 1. The van der Waals surface area contributed by atoms with Gasteiger partial charge in [0.05, 0.1) is 0 Å². The molecule has 1 saturated carbocycles. The van der Waals surface area contributed by atoms with Crippen LogP contribution in [0.25, 0.3) is 0 Å². The van der Waals surface area contributed by atoms with Gasteiger partial charge in [0.2, 0.25) is 0 Å². The molecule has 0 saturated heterocycles. The lowest BCUT2D eigenvalue weighted by molar-refractivity contribution is 0.352. The maximum absolute atomic E-state index is 3.68. The summed E-state index contributed by atoms with van der Waals surface area (Å²) in [5.74, 6) is 3.98. The quantitative estimate of drug-likeness (QED) is 0.770. The molecule has 1 fully saturated rings. The molecule has 104 valence electrons. The highest BCUT2D eigenvalue weighted by Crippen LogP contribution is 2.52. The van der Waals surface area contributed by atoms with E-state index in [1.54, 1.807) is 5.56 Å². The standard InChI is InChI=1S/C18H27N/c1-11-12(2)14(4)17(13(11)3)16-9-5-7-15-8-6-10-19-18(15)16/h5,7,9,11-14,17,19H,6,8,10H2,1-4H3. The van der Waals surface area contributed by atoms with Gasteiger partial charge < -0.3 is 5.32 Å². The van der Waals surface area contributed by atoms with Crippen molar-refractivity contribution >= 4 is 5.69 Å². The maximum atomic E-state index is 3.68. The van der Waals surface area contributed by atoms with Crippen molar-refractivity contribution in [1.82, 2.24) is 0 Å². The normalized spacial score (nSPS) is 37.8. The number of fused-ring (bicyclic) bond motifs is 1. The van der Waals surface area contributed by atoms with E-state index >= 15 is 0 Å². The average molecular weight is 257 g/mol. The first kappa shape index (κ1) is 13.0. The van der Waals surface area contributed by atoms with Gasteiger partial charge in [0.15, 0.2) is 0 Å². The number of aryl methyl sites for hydroxylation is 1. The molecule has 1 aromatic carbocycles. The van der Waals surface area contributed by atoms with Gasteiger partial charge in [-0.2, -0.15) is 0 Å². The van der Waals surface area contributed by atoms with Crippen molar-refractivity contribution in [3.05, 3.63) is 29.3 Å². The Morgan fingerprint density at radius 3 is 2.32 bits per heavy atom.